The number of aromatic nitrogens is 1. The first-order valence-corrected chi connectivity index (χ1v) is 7.33. The lowest BCUT2D eigenvalue weighted by Gasteiger charge is -2.38. The van der Waals surface area contributed by atoms with Gasteiger partial charge in [0.2, 0.25) is 0 Å². The summed E-state index contributed by atoms with van der Waals surface area (Å²) >= 11 is 0. The Balaban J connectivity index is 1.52. The predicted octanol–water partition coefficient (Wildman–Crippen LogP) is 1.72. The molecule has 1 aliphatic heterocycles. The molecule has 1 saturated heterocycles. The first kappa shape index (κ1) is 13.2. The fraction of sp³-hybridized carbons (Fsp3) is 0.438. The lowest BCUT2D eigenvalue weighted by atomic mass is 10.1. The van der Waals surface area contributed by atoms with Gasteiger partial charge >= 0.3 is 0 Å². The van der Waals surface area contributed by atoms with Crippen LogP contribution in [0.4, 0.5) is 0 Å². The summed E-state index contributed by atoms with van der Waals surface area (Å²) in [6.07, 6.45) is 10.1. The van der Waals surface area contributed by atoms with E-state index in [9.17, 15) is 0 Å². The van der Waals surface area contributed by atoms with Crippen LogP contribution in [0, 0.1) is 0 Å². The summed E-state index contributed by atoms with van der Waals surface area (Å²) < 4.78 is 0. The van der Waals surface area contributed by atoms with Gasteiger partial charge in [0.1, 0.15) is 0 Å². The second-order valence-corrected chi connectivity index (χ2v) is 5.52. The lowest BCUT2D eigenvalue weighted by Crippen LogP contribution is -2.45. The van der Waals surface area contributed by atoms with Crippen LogP contribution < -0.4 is 5.73 Å². The highest BCUT2D eigenvalue weighted by Gasteiger charge is 2.19. The van der Waals surface area contributed by atoms with E-state index in [1.807, 2.05) is 12.4 Å². The molecule has 0 radical (unpaired) electrons. The second-order valence-electron chi connectivity index (χ2n) is 5.52. The zero-order valence-corrected chi connectivity index (χ0v) is 11.8. The largest absolute Gasteiger partial charge is 0.402 e. The van der Waals surface area contributed by atoms with Gasteiger partial charge in [-0.1, -0.05) is 0 Å². The second kappa shape index (κ2) is 6.09. The molecule has 2 N–H and O–H groups in total. The molecule has 2 heterocycles. The molecular formula is C16H22N4. The van der Waals surface area contributed by atoms with Gasteiger partial charge in [0, 0.05) is 56.5 Å². The van der Waals surface area contributed by atoms with Crippen LogP contribution in [-0.4, -0.2) is 41.0 Å². The lowest BCUT2D eigenvalue weighted by molar-refractivity contribution is 0.149. The summed E-state index contributed by atoms with van der Waals surface area (Å²) in [5, 5.41) is 0. The smallest absolute Gasteiger partial charge is 0.0303 e. The molecule has 106 valence electrons. The Bertz CT molecular complexity index is 498. The van der Waals surface area contributed by atoms with Crippen LogP contribution in [0.3, 0.4) is 0 Å². The van der Waals surface area contributed by atoms with Crippen LogP contribution in [0.2, 0.25) is 0 Å². The van der Waals surface area contributed by atoms with E-state index in [1.165, 1.54) is 11.3 Å². The van der Waals surface area contributed by atoms with E-state index in [0.717, 1.165) is 51.3 Å². The molecule has 0 atom stereocenters. The van der Waals surface area contributed by atoms with Gasteiger partial charge in [0.25, 0.3) is 0 Å². The fourth-order valence-corrected chi connectivity index (χ4v) is 2.85. The van der Waals surface area contributed by atoms with E-state index in [2.05, 4.69) is 39.1 Å². The van der Waals surface area contributed by atoms with Crippen molar-refractivity contribution in [3.63, 3.8) is 0 Å². The van der Waals surface area contributed by atoms with E-state index >= 15 is 0 Å². The number of hydrogen-bond acceptors (Lipinski definition) is 4. The van der Waals surface area contributed by atoms with Gasteiger partial charge in [0.05, 0.1) is 0 Å². The first-order valence-electron chi connectivity index (χ1n) is 7.33. The minimum atomic E-state index is 1.00. The standard InChI is InChI=1S/C16H22N4/c17-15-1-3-16(4-2-15)20-11-9-19(10-12-20)13-14-5-7-18-8-6-14/h1,3,5-8H,2,4,9-13,17H2. The van der Waals surface area contributed by atoms with Gasteiger partial charge in [-0.25, -0.2) is 0 Å². The Morgan fingerprint density at radius 3 is 2.40 bits per heavy atom. The number of piperazine rings is 1. The van der Waals surface area contributed by atoms with Gasteiger partial charge in [-0.3, -0.25) is 9.88 Å². The Kier molecular flexibility index (Phi) is 4.02. The van der Waals surface area contributed by atoms with Crippen molar-refractivity contribution in [3.8, 4) is 0 Å². The summed E-state index contributed by atoms with van der Waals surface area (Å²) in [5.74, 6) is 0. The minimum Gasteiger partial charge on any atom is -0.402 e. The predicted molar refractivity (Wildman–Crippen MR) is 80.7 cm³/mol. The molecular weight excluding hydrogens is 248 g/mol. The maximum atomic E-state index is 5.82. The average Bonchev–Trinajstić information content (AvgIpc) is 2.50. The van der Waals surface area contributed by atoms with Crippen LogP contribution >= 0.6 is 0 Å². The SMILES string of the molecule is NC1=CC=C(N2CCN(Cc3ccncc3)CC2)CC1. The Labute approximate surface area is 120 Å². The molecule has 20 heavy (non-hydrogen) atoms. The molecule has 0 unspecified atom stereocenters. The molecule has 1 aromatic heterocycles. The number of pyridine rings is 1. The summed E-state index contributed by atoms with van der Waals surface area (Å²) in [6, 6.07) is 4.20. The average molecular weight is 270 g/mol. The summed E-state index contributed by atoms with van der Waals surface area (Å²) in [6.45, 7) is 5.51. The van der Waals surface area contributed by atoms with Gasteiger partial charge < -0.3 is 10.6 Å². The monoisotopic (exact) mass is 270 g/mol. The van der Waals surface area contributed by atoms with E-state index in [0.29, 0.717) is 0 Å². The quantitative estimate of drug-likeness (QED) is 0.908. The van der Waals surface area contributed by atoms with Crippen molar-refractivity contribution >= 4 is 0 Å². The summed E-state index contributed by atoms with van der Waals surface area (Å²) in [4.78, 5) is 9.09. The molecule has 2 aliphatic rings. The normalized spacial score (nSPS) is 20.5. The molecule has 4 nitrogen and oxygen atoms in total. The highest BCUT2D eigenvalue weighted by atomic mass is 15.3. The molecule has 0 saturated carbocycles. The molecule has 1 aromatic rings. The third kappa shape index (κ3) is 3.20. The van der Waals surface area contributed by atoms with Crippen molar-refractivity contribution in [3.05, 3.63) is 53.6 Å². The minimum absolute atomic E-state index is 1.00. The Morgan fingerprint density at radius 1 is 1.00 bits per heavy atom. The molecule has 1 fully saturated rings. The number of nitrogens with zero attached hydrogens (tertiary/aromatic N) is 3. The molecule has 0 aromatic carbocycles. The van der Waals surface area contributed by atoms with E-state index in [1.54, 1.807) is 0 Å². The van der Waals surface area contributed by atoms with Crippen molar-refractivity contribution in [2.75, 3.05) is 26.2 Å². The van der Waals surface area contributed by atoms with E-state index in [4.69, 9.17) is 5.73 Å². The van der Waals surface area contributed by atoms with Crippen molar-refractivity contribution in [1.82, 2.24) is 14.8 Å². The number of rotatable bonds is 3. The Morgan fingerprint density at radius 2 is 1.75 bits per heavy atom. The van der Waals surface area contributed by atoms with Crippen LogP contribution in [0.25, 0.3) is 0 Å². The molecule has 4 heteroatoms. The van der Waals surface area contributed by atoms with Crippen molar-refractivity contribution < 1.29 is 0 Å². The summed E-state index contributed by atoms with van der Waals surface area (Å²) in [5.41, 5.74) is 9.62. The maximum absolute atomic E-state index is 5.82. The van der Waals surface area contributed by atoms with Crippen LogP contribution in [0.15, 0.2) is 48.1 Å². The molecule has 0 amide bonds. The highest BCUT2D eigenvalue weighted by Crippen LogP contribution is 2.20. The van der Waals surface area contributed by atoms with Crippen molar-refractivity contribution in [1.29, 1.82) is 0 Å². The number of nitrogens with two attached hydrogens (primary N) is 1. The molecule has 0 bridgehead atoms. The van der Waals surface area contributed by atoms with Crippen molar-refractivity contribution in [2.24, 2.45) is 5.73 Å². The third-order valence-corrected chi connectivity index (χ3v) is 4.09. The number of allylic oxidation sites excluding steroid dienone is 4. The zero-order chi connectivity index (χ0) is 13.8. The summed E-state index contributed by atoms with van der Waals surface area (Å²) in [7, 11) is 0. The van der Waals surface area contributed by atoms with Gasteiger partial charge in [-0.05, 0) is 42.7 Å². The number of hydrogen-bond donors (Lipinski definition) is 1. The van der Waals surface area contributed by atoms with Crippen LogP contribution in [0.5, 0.6) is 0 Å². The fourth-order valence-electron chi connectivity index (χ4n) is 2.85. The van der Waals surface area contributed by atoms with Gasteiger partial charge in [0.15, 0.2) is 0 Å². The van der Waals surface area contributed by atoms with Crippen molar-refractivity contribution in [2.45, 2.75) is 19.4 Å². The maximum Gasteiger partial charge on any atom is 0.0303 e. The van der Waals surface area contributed by atoms with Gasteiger partial charge in [-0.2, -0.15) is 0 Å². The zero-order valence-electron chi connectivity index (χ0n) is 11.8. The van der Waals surface area contributed by atoms with E-state index in [-0.39, 0.29) is 0 Å². The van der Waals surface area contributed by atoms with Crippen LogP contribution in [-0.2, 0) is 6.54 Å². The first-order chi connectivity index (χ1) is 9.81. The molecule has 3 rings (SSSR count). The Hall–Kier alpha value is -1.81. The highest BCUT2D eigenvalue weighted by molar-refractivity contribution is 5.22. The topological polar surface area (TPSA) is 45.4 Å². The van der Waals surface area contributed by atoms with Gasteiger partial charge in [-0.15, -0.1) is 0 Å². The molecule has 1 aliphatic carbocycles. The third-order valence-electron chi connectivity index (χ3n) is 4.09. The molecule has 0 spiro atoms. The van der Waals surface area contributed by atoms with Crippen LogP contribution in [0.1, 0.15) is 18.4 Å². The van der Waals surface area contributed by atoms with E-state index < -0.39 is 0 Å².